The van der Waals surface area contributed by atoms with Crippen LogP contribution in [0.1, 0.15) is 39.0 Å². The van der Waals surface area contributed by atoms with Crippen molar-refractivity contribution < 1.29 is 4.79 Å². The second kappa shape index (κ2) is 12.0. The summed E-state index contributed by atoms with van der Waals surface area (Å²) in [6.45, 7) is 5.46. The summed E-state index contributed by atoms with van der Waals surface area (Å²) in [5.74, 6) is 0.148. The molecule has 0 saturated carbocycles. The Morgan fingerprint density at radius 2 is 1.78 bits per heavy atom. The topological polar surface area (TPSA) is 58.4 Å². The van der Waals surface area contributed by atoms with Gasteiger partial charge in [0, 0.05) is 6.54 Å². The van der Waals surface area contributed by atoms with Gasteiger partial charge in [-0.2, -0.15) is 0 Å². The SMILES string of the molecule is CC(C(=O)NCCCN)N1CCCCCC1.Cl.Cl. The standard InChI is InChI=1S/C12H25N3O.2ClH/c1-11(12(16)14-8-6-7-13)15-9-4-2-3-5-10-15;;/h11H,2-10,13H2,1H3,(H,14,16);2*1H. The summed E-state index contributed by atoms with van der Waals surface area (Å²) in [4.78, 5) is 14.1. The first-order valence-corrected chi connectivity index (χ1v) is 6.47. The number of carbonyl (C=O) groups is 1. The highest BCUT2D eigenvalue weighted by molar-refractivity contribution is 5.85. The fraction of sp³-hybridized carbons (Fsp3) is 0.917. The molecule has 0 radical (unpaired) electrons. The Kier molecular flexibility index (Phi) is 13.6. The monoisotopic (exact) mass is 299 g/mol. The predicted molar refractivity (Wildman–Crippen MR) is 80.7 cm³/mol. The van der Waals surface area contributed by atoms with Gasteiger partial charge >= 0.3 is 0 Å². The molecule has 0 aromatic carbocycles. The Hall–Kier alpha value is -0.0300. The van der Waals surface area contributed by atoms with Gasteiger partial charge in [-0.25, -0.2) is 0 Å². The summed E-state index contributed by atoms with van der Waals surface area (Å²) < 4.78 is 0. The average molecular weight is 300 g/mol. The molecule has 1 fully saturated rings. The number of nitrogens with two attached hydrogens (primary N) is 1. The van der Waals surface area contributed by atoms with Crippen LogP contribution in [0.15, 0.2) is 0 Å². The van der Waals surface area contributed by atoms with Crippen LogP contribution in [-0.2, 0) is 4.79 Å². The summed E-state index contributed by atoms with van der Waals surface area (Å²) in [5, 5.41) is 2.94. The largest absolute Gasteiger partial charge is 0.355 e. The second-order valence-electron chi connectivity index (χ2n) is 4.56. The summed E-state index contributed by atoms with van der Waals surface area (Å²) in [7, 11) is 0. The number of nitrogens with one attached hydrogen (secondary N) is 1. The maximum Gasteiger partial charge on any atom is 0.237 e. The van der Waals surface area contributed by atoms with Gasteiger partial charge in [-0.1, -0.05) is 12.8 Å². The van der Waals surface area contributed by atoms with E-state index in [0.29, 0.717) is 13.1 Å². The smallest absolute Gasteiger partial charge is 0.237 e. The van der Waals surface area contributed by atoms with Crippen LogP contribution in [-0.4, -0.2) is 43.0 Å². The Morgan fingerprint density at radius 3 is 2.28 bits per heavy atom. The number of likely N-dealkylation sites (tertiary alicyclic amines) is 1. The summed E-state index contributed by atoms with van der Waals surface area (Å²) >= 11 is 0. The van der Waals surface area contributed by atoms with E-state index in [1.54, 1.807) is 0 Å². The zero-order chi connectivity index (χ0) is 11.8. The number of hydrogen-bond acceptors (Lipinski definition) is 3. The van der Waals surface area contributed by atoms with Crippen molar-refractivity contribution in [3.05, 3.63) is 0 Å². The van der Waals surface area contributed by atoms with Gasteiger partial charge in [-0.15, -0.1) is 24.8 Å². The van der Waals surface area contributed by atoms with Crippen molar-refractivity contribution in [3.8, 4) is 0 Å². The Labute approximate surface area is 123 Å². The molecule has 4 nitrogen and oxygen atoms in total. The molecule has 1 atom stereocenters. The van der Waals surface area contributed by atoms with Gasteiger partial charge in [0.2, 0.25) is 5.91 Å². The lowest BCUT2D eigenvalue weighted by molar-refractivity contribution is -0.125. The fourth-order valence-electron chi connectivity index (χ4n) is 2.11. The third-order valence-electron chi connectivity index (χ3n) is 3.25. The highest BCUT2D eigenvalue weighted by Gasteiger charge is 2.21. The van der Waals surface area contributed by atoms with E-state index in [9.17, 15) is 4.79 Å². The highest BCUT2D eigenvalue weighted by Crippen LogP contribution is 2.12. The van der Waals surface area contributed by atoms with Crippen molar-refractivity contribution in [1.82, 2.24) is 10.2 Å². The normalized spacial score (nSPS) is 17.9. The molecule has 0 bridgehead atoms. The molecule has 1 unspecified atom stereocenters. The minimum atomic E-state index is 0. The predicted octanol–water partition coefficient (Wildman–Crippen LogP) is 1.56. The summed E-state index contributed by atoms with van der Waals surface area (Å²) in [6.07, 6.45) is 5.91. The molecule has 18 heavy (non-hydrogen) atoms. The van der Waals surface area contributed by atoms with Crippen molar-refractivity contribution in [3.63, 3.8) is 0 Å². The first-order valence-electron chi connectivity index (χ1n) is 6.47. The van der Waals surface area contributed by atoms with E-state index in [-0.39, 0.29) is 36.8 Å². The number of amides is 1. The number of rotatable bonds is 5. The lowest BCUT2D eigenvalue weighted by Crippen LogP contribution is -2.45. The van der Waals surface area contributed by atoms with Crippen molar-refractivity contribution in [1.29, 1.82) is 0 Å². The quantitative estimate of drug-likeness (QED) is 0.758. The zero-order valence-corrected chi connectivity index (χ0v) is 12.8. The Bertz CT molecular complexity index is 209. The average Bonchev–Trinajstić information content (AvgIpc) is 2.56. The van der Waals surface area contributed by atoms with E-state index in [2.05, 4.69) is 10.2 Å². The van der Waals surface area contributed by atoms with Crippen LogP contribution in [0.2, 0.25) is 0 Å². The van der Waals surface area contributed by atoms with Gasteiger partial charge in [0.05, 0.1) is 6.04 Å². The lowest BCUT2D eigenvalue weighted by atomic mass is 10.2. The molecule has 1 saturated heterocycles. The molecule has 0 spiro atoms. The van der Waals surface area contributed by atoms with Gasteiger partial charge < -0.3 is 11.1 Å². The number of halogens is 2. The summed E-state index contributed by atoms with van der Waals surface area (Å²) in [6, 6.07) is 0.0101. The van der Waals surface area contributed by atoms with Crippen LogP contribution in [0.3, 0.4) is 0 Å². The van der Waals surface area contributed by atoms with Crippen LogP contribution < -0.4 is 11.1 Å². The van der Waals surface area contributed by atoms with Crippen molar-refractivity contribution in [2.24, 2.45) is 5.73 Å². The van der Waals surface area contributed by atoms with Gasteiger partial charge in [0.15, 0.2) is 0 Å². The van der Waals surface area contributed by atoms with Gasteiger partial charge in [-0.05, 0) is 45.8 Å². The molecule has 1 aliphatic heterocycles. The molecule has 1 amide bonds. The molecule has 0 aliphatic carbocycles. The van der Waals surface area contributed by atoms with Crippen molar-refractivity contribution in [2.75, 3.05) is 26.2 Å². The van der Waals surface area contributed by atoms with Gasteiger partial charge in [0.25, 0.3) is 0 Å². The lowest BCUT2D eigenvalue weighted by Gasteiger charge is -2.26. The zero-order valence-electron chi connectivity index (χ0n) is 11.2. The van der Waals surface area contributed by atoms with Crippen LogP contribution in [0.25, 0.3) is 0 Å². The van der Waals surface area contributed by atoms with Gasteiger partial charge in [0.1, 0.15) is 0 Å². The minimum absolute atomic E-state index is 0. The van der Waals surface area contributed by atoms with E-state index in [1.807, 2.05) is 6.92 Å². The molecule has 1 heterocycles. The van der Waals surface area contributed by atoms with E-state index < -0.39 is 0 Å². The molecular weight excluding hydrogens is 273 g/mol. The van der Waals surface area contributed by atoms with Crippen LogP contribution in [0.4, 0.5) is 0 Å². The molecular formula is C12H27Cl2N3O. The first-order chi connectivity index (χ1) is 7.75. The van der Waals surface area contributed by atoms with E-state index in [4.69, 9.17) is 5.73 Å². The second-order valence-corrected chi connectivity index (χ2v) is 4.56. The van der Waals surface area contributed by atoms with Crippen molar-refractivity contribution in [2.45, 2.75) is 45.1 Å². The van der Waals surface area contributed by atoms with E-state index in [0.717, 1.165) is 19.5 Å². The molecule has 110 valence electrons. The molecule has 1 rings (SSSR count). The van der Waals surface area contributed by atoms with E-state index >= 15 is 0 Å². The van der Waals surface area contributed by atoms with Crippen LogP contribution >= 0.6 is 24.8 Å². The number of hydrogen-bond donors (Lipinski definition) is 2. The van der Waals surface area contributed by atoms with Gasteiger partial charge in [-0.3, -0.25) is 9.69 Å². The van der Waals surface area contributed by atoms with E-state index in [1.165, 1.54) is 25.7 Å². The number of nitrogens with zero attached hydrogens (tertiary/aromatic N) is 1. The molecule has 6 heteroatoms. The number of carbonyl (C=O) groups excluding carboxylic acids is 1. The van der Waals surface area contributed by atoms with Crippen LogP contribution in [0.5, 0.6) is 0 Å². The molecule has 0 aromatic heterocycles. The Balaban J connectivity index is 0. The van der Waals surface area contributed by atoms with Crippen LogP contribution in [0, 0.1) is 0 Å². The maximum absolute atomic E-state index is 11.8. The Morgan fingerprint density at radius 1 is 1.22 bits per heavy atom. The third kappa shape index (κ3) is 7.41. The van der Waals surface area contributed by atoms with Crippen molar-refractivity contribution >= 4 is 30.7 Å². The molecule has 1 aliphatic rings. The molecule has 0 aromatic rings. The minimum Gasteiger partial charge on any atom is -0.355 e. The fourth-order valence-corrected chi connectivity index (χ4v) is 2.11. The highest BCUT2D eigenvalue weighted by atomic mass is 35.5. The first kappa shape index (κ1) is 20.3. The maximum atomic E-state index is 11.8. The summed E-state index contributed by atoms with van der Waals surface area (Å²) in [5.41, 5.74) is 5.39. The molecule has 3 N–H and O–H groups in total. The third-order valence-corrected chi connectivity index (χ3v) is 3.25.